The molecule has 0 aromatic heterocycles. The number of rotatable bonds is 4. The van der Waals surface area contributed by atoms with Crippen molar-refractivity contribution in [1.82, 2.24) is 0 Å². The van der Waals surface area contributed by atoms with Gasteiger partial charge in [-0.3, -0.25) is 9.59 Å². The maximum Gasteiger partial charge on any atom is 0.237 e. The first-order valence-electron chi connectivity index (χ1n) is 7.40. The molecule has 1 heterocycles. The van der Waals surface area contributed by atoms with Crippen LogP contribution in [-0.4, -0.2) is 31.9 Å². The number of benzene rings is 2. The summed E-state index contributed by atoms with van der Waals surface area (Å²) >= 11 is 3.33. The van der Waals surface area contributed by atoms with Gasteiger partial charge < -0.3 is 4.90 Å². The maximum atomic E-state index is 12.9. The average molecular weight is 443 g/mol. The summed E-state index contributed by atoms with van der Waals surface area (Å²) in [5.41, 5.74) is 1.18. The van der Waals surface area contributed by atoms with E-state index in [-0.39, 0.29) is 24.7 Å². The van der Waals surface area contributed by atoms with Crippen LogP contribution in [0.25, 0.3) is 0 Å². The topological polar surface area (TPSA) is 71.5 Å². The molecule has 1 fully saturated rings. The third kappa shape index (κ3) is 3.78. The Labute approximate surface area is 158 Å². The van der Waals surface area contributed by atoms with Crippen molar-refractivity contribution in [2.45, 2.75) is 11.7 Å². The molecule has 2 aromatic carbocycles. The minimum atomic E-state index is -3.85. The van der Waals surface area contributed by atoms with Gasteiger partial charge in [0.25, 0.3) is 0 Å². The normalized spacial score (nSPS) is 17.8. The molecule has 2 aromatic rings. The number of hydrogen-bond acceptors (Lipinski definition) is 4. The minimum absolute atomic E-state index is 0.0681. The van der Waals surface area contributed by atoms with Gasteiger partial charge in [0, 0.05) is 39.2 Å². The molecule has 1 saturated heterocycles. The quantitative estimate of drug-likeness (QED) is 0.538. The van der Waals surface area contributed by atoms with Gasteiger partial charge in [-0.2, -0.15) is 0 Å². The molecule has 1 amide bonds. The second kappa shape index (κ2) is 6.90. The summed E-state index contributed by atoms with van der Waals surface area (Å²) in [6, 6.07) is 13.6. The Morgan fingerprint density at radius 2 is 1.84 bits per heavy atom. The van der Waals surface area contributed by atoms with Gasteiger partial charge >= 0.3 is 0 Å². The van der Waals surface area contributed by atoms with Gasteiger partial charge in [0.1, 0.15) is 5.25 Å². The van der Waals surface area contributed by atoms with Crippen molar-refractivity contribution >= 4 is 53.0 Å². The molecule has 5 nitrogen and oxygen atoms in total. The van der Waals surface area contributed by atoms with Crippen LogP contribution in [0.5, 0.6) is 0 Å². The lowest BCUT2D eigenvalue weighted by molar-refractivity contribution is -0.117. The van der Waals surface area contributed by atoms with Crippen LogP contribution in [0.2, 0.25) is 0 Å². The first kappa shape index (κ1) is 18.1. The Hall–Kier alpha value is -1.70. The number of amides is 1. The van der Waals surface area contributed by atoms with Gasteiger partial charge in [0.2, 0.25) is 15.0 Å². The third-order valence-electron chi connectivity index (χ3n) is 4.02. The standard InChI is InChI=1S/C17H13BrClNO4S/c18-12-6-7-15(20-10-13(9-16(20)21)25(19,23)24)14(8-12)17(22)11-4-2-1-3-5-11/h1-8,13H,9-10H2. The average Bonchev–Trinajstić information content (AvgIpc) is 2.97. The van der Waals surface area contributed by atoms with E-state index in [4.69, 9.17) is 10.7 Å². The number of anilines is 1. The summed E-state index contributed by atoms with van der Waals surface area (Å²) in [5.74, 6) is -0.625. The Morgan fingerprint density at radius 3 is 2.44 bits per heavy atom. The minimum Gasteiger partial charge on any atom is -0.310 e. The van der Waals surface area contributed by atoms with Gasteiger partial charge in [-0.25, -0.2) is 8.42 Å². The van der Waals surface area contributed by atoms with Crippen molar-refractivity contribution in [2.24, 2.45) is 0 Å². The van der Waals surface area contributed by atoms with E-state index in [2.05, 4.69) is 15.9 Å². The van der Waals surface area contributed by atoms with E-state index in [1.807, 2.05) is 0 Å². The number of ketones is 1. The van der Waals surface area contributed by atoms with Crippen LogP contribution >= 0.6 is 26.6 Å². The molecule has 1 aliphatic heterocycles. The molecule has 1 unspecified atom stereocenters. The molecule has 8 heteroatoms. The molecule has 0 aliphatic carbocycles. The zero-order valence-electron chi connectivity index (χ0n) is 12.9. The zero-order valence-corrected chi connectivity index (χ0v) is 16.0. The highest BCUT2D eigenvalue weighted by molar-refractivity contribution is 9.10. The number of hydrogen-bond donors (Lipinski definition) is 0. The Kier molecular flexibility index (Phi) is 4.99. The summed E-state index contributed by atoms with van der Waals surface area (Å²) in [7, 11) is 1.55. The molecule has 3 rings (SSSR count). The lowest BCUT2D eigenvalue weighted by atomic mass is 10.0. The molecule has 0 spiro atoms. The third-order valence-corrected chi connectivity index (χ3v) is 6.38. The smallest absolute Gasteiger partial charge is 0.237 e. The van der Waals surface area contributed by atoms with E-state index in [9.17, 15) is 18.0 Å². The van der Waals surface area contributed by atoms with Crippen molar-refractivity contribution in [3.63, 3.8) is 0 Å². The number of halogens is 2. The predicted octanol–water partition coefficient (Wildman–Crippen LogP) is 3.35. The molecule has 1 aliphatic rings. The van der Waals surface area contributed by atoms with Gasteiger partial charge in [0.05, 0.1) is 5.69 Å². The fourth-order valence-corrected chi connectivity index (χ4v) is 4.15. The summed E-state index contributed by atoms with van der Waals surface area (Å²) in [6.07, 6.45) is -0.194. The first-order valence-corrected chi connectivity index (χ1v) is 10.6. The van der Waals surface area contributed by atoms with E-state index in [0.29, 0.717) is 21.3 Å². The summed E-state index contributed by atoms with van der Waals surface area (Å²) in [6.45, 7) is -0.0681. The molecule has 1 atom stereocenters. The number of carbonyl (C=O) groups excluding carboxylic acids is 2. The Morgan fingerprint density at radius 1 is 1.16 bits per heavy atom. The van der Waals surface area contributed by atoms with Crippen LogP contribution in [0.15, 0.2) is 53.0 Å². The highest BCUT2D eigenvalue weighted by Crippen LogP contribution is 2.32. The zero-order chi connectivity index (χ0) is 18.2. The van der Waals surface area contributed by atoms with Crippen LogP contribution < -0.4 is 4.90 Å². The van der Waals surface area contributed by atoms with Crippen LogP contribution in [-0.2, 0) is 13.8 Å². The fraction of sp³-hybridized carbons (Fsp3) is 0.176. The molecular weight excluding hydrogens is 430 g/mol. The van der Waals surface area contributed by atoms with Crippen LogP contribution in [0, 0.1) is 0 Å². The lowest BCUT2D eigenvalue weighted by Crippen LogP contribution is -2.28. The van der Waals surface area contributed by atoms with Crippen molar-refractivity contribution in [3.05, 3.63) is 64.1 Å². The Bertz CT molecular complexity index is 946. The van der Waals surface area contributed by atoms with Crippen LogP contribution in [0.1, 0.15) is 22.3 Å². The van der Waals surface area contributed by atoms with Gasteiger partial charge in [0.15, 0.2) is 5.78 Å². The van der Waals surface area contributed by atoms with E-state index >= 15 is 0 Å². The van der Waals surface area contributed by atoms with Crippen molar-refractivity contribution in [1.29, 1.82) is 0 Å². The SMILES string of the molecule is O=C(c1ccccc1)c1cc(Br)ccc1N1CC(S(=O)(=O)Cl)CC1=O. The second-order valence-corrected chi connectivity index (χ2v) is 9.49. The molecule has 0 bridgehead atoms. The van der Waals surface area contributed by atoms with E-state index < -0.39 is 14.3 Å². The van der Waals surface area contributed by atoms with Gasteiger partial charge in [-0.1, -0.05) is 46.3 Å². The Balaban J connectivity index is 2.04. The fourth-order valence-electron chi connectivity index (χ4n) is 2.77. The summed E-state index contributed by atoms with van der Waals surface area (Å²) in [5, 5.41) is -0.981. The van der Waals surface area contributed by atoms with Crippen LogP contribution in [0.4, 0.5) is 5.69 Å². The lowest BCUT2D eigenvalue weighted by Gasteiger charge is -2.20. The molecule has 130 valence electrons. The van der Waals surface area contributed by atoms with Crippen molar-refractivity contribution < 1.29 is 18.0 Å². The molecule has 25 heavy (non-hydrogen) atoms. The second-order valence-electron chi connectivity index (χ2n) is 5.66. The molecule has 0 N–H and O–H groups in total. The van der Waals surface area contributed by atoms with E-state index in [1.54, 1.807) is 48.5 Å². The number of carbonyl (C=O) groups is 2. The first-order chi connectivity index (χ1) is 11.8. The monoisotopic (exact) mass is 441 g/mol. The van der Waals surface area contributed by atoms with Crippen molar-refractivity contribution in [3.8, 4) is 0 Å². The van der Waals surface area contributed by atoms with E-state index in [1.165, 1.54) is 4.90 Å². The van der Waals surface area contributed by atoms with Gasteiger partial charge in [-0.05, 0) is 18.2 Å². The highest BCUT2D eigenvalue weighted by Gasteiger charge is 2.39. The van der Waals surface area contributed by atoms with Crippen molar-refractivity contribution in [2.75, 3.05) is 11.4 Å². The van der Waals surface area contributed by atoms with Gasteiger partial charge in [-0.15, -0.1) is 0 Å². The summed E-state index contributed by atoms with van der Waals surface area (Å²) in [4.78, 5) is 26.5. The maximum absolute atomic E-state index is 12.9. The largest absolute Gasteiger partial charge is 0.310 e. The summed E-state index contributed by atoms with van der Waals surface area (Å²) < 4.78 is 23.8. The highest BCUT2D eigenvalue weighted by atomic mass is 79.9. The van der Waals surface area contributed by atoms with Crippen LogP contribution in [0.3, 0.4) is 0 Å². The molecule has 0 saturated carbocycles. The molecular formula is C17H13BrClNO4S. The number of nitrogens with zero attached hydrogens (tertiary/aromatic N) is 1. The molecule has 0 radical (unpaired) electrons. The predicted molar refractivity (Wildman–Crippen MR) is 99.5 cm³/mol. The van der Waals surface area contributed by atoms with E-state index in [0.717, 1.165) is 0 Å².